The standard InChI is InChI=1S/C18H24N6O/c1-12(25)24-8-7-17-16(11-24)18(22-23(17)2)21-15-5-3-13(4-6-15)14(9-19)10-20/h3-6,9,14,19H,7-8,10-11,20H2,1-2H3,(H,21,22). The number of hydrogen-bond donors (Lipinski definition) is 3. The predicted molar refractivity (Wildman–Crippen MR) is 98.3 cm³/mol. The van der Waals surface area contributed by atoms with Gasteiger partial charge in [-0.1, -0.05) is 12.1 Å². The highest BCUT2D eigenvalue weighted by atomic mass is 16.2. The second-order valence-corrected chi connectivity index (χ2v) is 6.34. The smallest absolute Gasteiger partial charge is 0.219 e. The lowest BCUT2D eigenvalue weighted by Crippen LogP contribution is -2.34. The molecule has 4 N–H and O–H groups in total. The lowest BCUT2D eigenvalue weighted by atomic mass is 10.0. The Labute approximate surface area is 147 Å². The summed E-state index contributed by atoms with van der Waals surface area (Å²) in [4.78, 5) is 13.5. The van der Waals surface area contributed by atoms with Gasteiger partial charge in [0.15, 0.2) is 5.82 Å². The van der Waals surface area contributed by atoms with E-state index >= 15 is 0 Å². The number of carbonyl (C=O) groups excluding carboxylic acids is 1. The van der Waals surface area contributed by atoms with E-state index in [0.717, 1.165) is 35.6 Å². The topological polar surface area (TPSA) is 100 Å². The minimum absolute atomic E-state index is 0.0548. The Balaban J connectivity index is 1.82. The van der Waals surface area contributed by atoms with Gasteiger partial charge < -0.3 is 21.4 Å². The van der Waals surface area contributed by atoms with Gasteiger partial charge in [0, 0.05) is 62.6 Å². The molecule has 0 spiro atoms. The van der Waals surface area contributed by atoms with Gasteiger partial charge >= 0.3 is 0 Å². The van der Waals surface area contributed by atoms with E-state index in [-0.39, 0.29) is 11.8 Å². The van der Waals surface area contributed by atoms with Gasteiger partial charge in [-0.25, -0.2) is 0 Å². The summed E-state index contributed by atoms with van der Waals surface area (Å²) in [5.41, 5.74) is 9.87. The number of aromatic nitrogens is 2. The number of nitrogens with one attached hydrogen (secondary N) is 2. The minimum atomic E-state index is -0.0548. The van der Waals surface area contributed by atoms with Crippen LogP contribution in [0.4, 0.5) is 11.5 Å². The highest BCUT2D eigenvalue weighted by Gasteiger charge is 2.25. The number of rotatable bonds is 5. The van der Waals surface area contributed by atoms with Crippen molar-refractivity contribution in [2.75, 3.05) is 18.4 Å². The highest BCUT2D eigenvalue weighted by molar-refractivity contribution is 5.74. The van der Waals surface area contributed by atoms with Crippen LogP contribution < -0.4 is 11.1 Å². The first kappa shape index (κ1) is 17.2. The molecule has 2 aromatic rings. The number of carbonyl (C=O) groups is 1. The van der Waals surface area contributed by atoms with Crippen LogP contribution >= 0.6 is 0 Å². The van der Waals surface area contributed by atoms with Crippen LogP contribution in [0.2, 0.25) is 0 Å². The van der Waals surface area contributed by atoms with Crippen molar-refractivity contribution in [3.05, 3.63) is 41.1 Å². The third kappa shape index (κ3) is 3.41. The molecule has 0 radical (unpaired) electrons. The number of amides is 1. The number of hydrogen-bond acceptors (Lipinski definition) is 5. The van der Waals surface area contributed by atoms with E-state index in [9.17, 15) is 4.79 Å². The zero-order valence-electron chi connectivity index (χ0n) is 14.6. The Morgan fingerprint density at radius 2 is 2.16 bits per heavy atom. The van der Waals surface area contributed by atoms with E-state index in [1.807, 2.05) is 40.9 Å². The minimum Gasteiger partial charge on any atom is -0.338 e. The Morgan fingerprint density at radius 1 is 1.44 bits per heavy atom. The molecule has 0 fully saturated rings. The maximum atomic E-state index is 11.7. The Kier molecular flexibility index (Phi) is 4.85. The normalized spacial score (nSPS) is 14.8. The molecule has 1 unspecified atom stereocenters. The zero-order chi connectivity index (χ0) is 18.0. The fourth-order valence-electron chi connectivity index (χ4n) is 3.21. The van der Waals surface area contributed by atoms with Crippen LogP contribution in [0.3, 0.4) is 0 Å². The molecule has 1 aliphatic heterocycles. The van der Waals surface area contributed by atoms with Crippen molar-refractivity contribution >= 4 is 23.6 Å². The molecule has 7 heteroatoms. The van der Waals surface area contributed by atoms with Crippen molar-refractivity contribution < 1.29 is 4.79 Å². The molecule has 0 saturated heterocycles. The molecular weight excluding hydrogens is 316 g/mol. The Morgan fingerprint density at radius 3 is 2.76 bits per heavy atom. The average molecular weight is 340 g/mol. The first-order valence-electron chi connectivity index (χ1n) is 8.41. The quantitative estimate of drug-likeness (QED) is 0.722. The van der Waals surface area contributed by atoms with E-state index < -0.39 is 0 Å². The summed E-state index contributed by atoms with van der Waals surface area (Å²) in [5, 5.41) is 15.4. The molecule has 7 nitrogen and oxygen atoms in total. The van der Waals surface area contributed by atoms with Gasteiger partial charge in [0.2, 0.25) is 5.91 Å². The van der Waals surface area contributed by atoms with Crippen molar-refractivity contribution in [3.63, 3.8) is 0 Å². The number of aryl methyl sites for hydroxylation is 1. The summed E-state index contributed by atoms with van der Waals surface area (Å²) < 4.78 is 1.89. The van der Waals surface area contributed by atoms with Gasteiger partial charge in [-0.15, -0.1) is 0 Å². The van der Waals surface area contributed by atoms with E-state index in [1.54, 1.807) is 6.92 Å². The second kappa shape index (κ2) is 7.06. The van der Waals surface area contributed by atoms with Crippen LogP contribution in [0, 0.1) is 5.41 Å². The maximum absolute atomic E-state index is 11.7. The second-order valence-electron chi connectivity index (χ2n) is 6.34. The first-order chi connectivity index (χ1) is 12.0. The monoisotopic (exact) mass is 340 g/mol. The van der Waals surface area contributed by atoms with Crippen LogP contribution in [0.1, 0.15) is 29.7 Å². The van der Waals surface area contributed by atoms with E-state index in [4.69, 9.17) is 11.1 Å². The van der Waals surface area contributed by atoms with Crippen LogP contribution in [0.5, 0.6) is 0 Å². The molecule has 0 aliphatic carbocycles. The molecule has 0 saturated carbocycles. The van der Waals surface area contributed by atoms with Crippen LogP contribution in [0.15, 0.2) is 24.3 Å². The SMILES string of the molecule is CC(=O)N1CCc2c(c(Nc3ccc(C(C=N)CN)cc3)nn2C)C1. The molecule has 1 amide bonds. The van der Waals surface area contributed by atoms with E-state index in [1.165, 1.54) is 11.9 Å². The Hall–Kier alpha value is -2.67. The molecule has 1 aromatic carbocycles. The van der Waals surface area contributed by atoms with Crippen LogP contribution in [0.25, 0.3) is 0 Å². The van der Waals surface area contributed by atoms with Gasteiger partial charge in [-0.3, -0.25) is 9.48 Å². The maximum Gasteiger partial charge on any atom is 0.219 e. The third-order valence-corrected chi connectivity index (χ3v) is 4.74. The molecule has 1 aromatic heterocycles. The molecule has 25 heavy (non-hydrogen) atoms. The van der Waals surface area contributed by atoms with Crippen molar-refractivity contribution in [1.82, 2.24) is 14.7 Å². The summed E-state index contributed by atoms with van der Waals surface area (Å²) in [6, 6.07) is 7.88. The van der Waals surface area contributed by atoms with Crippen molar-refractivity contribution in [1.29, 1.82) is 5.41 Å². The van der Waals surface area contributed by atoms with Crippen molar-refractivity contribution in [3.8, 4) is 0 Å². The number of anilines is 2. The first-order valence-corrected chi connectivity index (χ1v) is 8.41. The number of benzene rings is 1. The number of nitrogens with two attached hydrogens (primary N) is 1. The van der Waals surface area contributed by atoms with Gasteiger partial charge in [-0.05, 0) is 17.7 Å². The third-order valence-electron chi connectivity index (χ3n) is 4.74. The Bertz CT molecular complexity index is 780. The molecule has 1 aliphatic rings. The molecule has 1 atom stereocenters. The highest BCUT2D eigenvalue weighted by Crippen LogP contribution is 2.28. The van der Waals surface area contributed by atoms with Crippen molar-refractivity contribution in [2.24, 2.45) is 12.8 Å². The lowest BCUT2D eigenvalue weighted by molar-refractivity contribution is -0.129. The van der Waals surface area contributed by atoms with E-state index in [2.05, 4.69) is 10.4 Å². The predicted octanol–water partition coefficient (Wildman–Crippen LogP) is 1.76. The lowest BCUT2D eigenvalue weighted by Gasteiger charge is -2.26. The summed E-state index contributed by atoms with van der Waals surface area (Å²) >= 11 is 0. The largest absolute Gasteiger partial charge is 0.338 e. The summed E-state index contributed by atoms with van der Waals surface area (Å²) in [6.07, 6.45) is 2.18. The number of fused-ring (bicyclic) bond motifs is 1. The molecule has 3 rings (SSSR count). The zero-order valence-corrected chi connectivity index (χ0v) is 14.6. The van der Waals surface area contributed by atoms with Gasteiger partial charge in [0.05, 0.1) is 6.54 Å². The fourth-order valence-corrected chi connectivity index (χ4v) is 3.21. The molecule has 132 valence electrons. The summed E-state index contributed by atoms with van der Waals surface area (Å²) in [5.74, 6) is 0.823. The fraction of sp³-hybridized carbons (Fsp3) is 0.389. The van der Waals surface area contributed by atoms with Crippen molar-refractivity contribution in [2.45, 2.75) is 25.8 Å². The van der Waals surface area contributed by atoms with Crippen LogP contribution in [-0.4, -0.2) is 39.9 Å². The molecule has 0 bridgehead atoms. The number of nitrogens with zero attached hydrogens (tertiary/aromatic N) is 3. The molecular formula is C18H24N6O. The van der Waals surface area contributed by atoms with Gasteiger partial charge in [-0.2, -0.15) is 5.10 Å². The summed E-state index contributed by atoms with van der Waals surface area (Å²) in [6.45, 7) is 3.34. The summed E-state index contributed by atoms with van der Waals surface area (Å²) in [7, 11) is 1.94. The van der Waals surface area contributed by atoms with E-state index in [0.29, 0.717) is 13.1 Å². The van der Waals surface area contributed by atoms with Crippen LogP contribution in [-0.2, 0) is 24.8 Å². The van der Waals surface area contributed by atoms with Gasteiger partial charge in [0.25, 0.3) is 0 Å². The average Bonchev–Trinajstić information content (AvgIpc) is 2.93. The van der Waals surface area contributed by atoms with Gasteiger partial charge in [0.1, 0.15) is 0 Å². The molecule has 2 heterocycles.